The van der Waals surface area contributed by atoms with Crippen molar-refractivity contribution >= 4 is 6.21 Å². The van der Waals surface area contributed by atoms with Gasteiger partial charge < -0.3 is 10.3 Å². The summed E-state index contributed by atoms with van der Waals surface area (Å²) < 4.78 is 0. The average Bonchev–Trinajstić information content (AvgIpc) is 2.03. The molecule has 3 nitrogen and oxygen atoms in total. The quantitative estimate of drug-likeness (QED) is 0.299. The first kappa shape index (κ1) is 13.2. The van der Waals surface area contributed by atoms with Crippen LogP contribution in [0.15, 0.2) is 16.8 Å². The van der Waals surface area contributed by atoms with Crippen LogP contribution in [0.1, 0.15) is 46.5 Å². The van der Waals surface area contributed by atoms with Crippen molar-refractivity contribution in [3.63, 3.8) is 0 Å². The van der Waals surface area contributed by atoms with Crippen LogP contribution in [0.2, 0.25) is 0 Å². The summed E-state index contributed by atoms with van der Waals surface area (Å²) in [6.45, 7) is 5.91. The third-order valence-corrected chi connectivity index (χ3v) is 2.13. The van der Waals surface area contributed by atoms with E-state index in [4.69, 9.17) is 5.21 Å². The van der Waals surface area contributed by atoms with Gasteiger partial charge in [0.05, 0.1) is 5.60 Å². The fraction of sp³-hybridized carbons (Fsp3) is 0.727. The van der Waals surface area contributed by atoms with E-state index in [1.54, 1.807) is 0 Å². The summed E-state index contributed by atoms with van der Waals surface area (Å²) in [7, 11) is 0. The highest BCUT2D eigenvalue weighted by molar-refractivity contribution is 5.56. The van der Waals surface area contributed by atoms with Gasteiger partial charge in [-0.3, -0.25) is 0 Å². The maximum absolute atomic E-state index is 9.88. The van der Waals surface area contributed by atoms with Crippen LogP contribution < -0.4 is 0 Å². The molecule has 1 unspecified atom stereocenters. The number of allylic oxidation sites excluding steroid dienone is 2. The highest BCUT2D eigenvalue weighted by Crippen LogP contribution is 2.18. The SMILES string of the molecule is CC(C)=CCCC(C)(O)CCC=NO. The molecule has 2 N–H and O–H groups in total. The number of hydrogen-bond acceptors (Lipinski definition) is 3. The molecule has 0 bridgehead atoms. The Bertz CT molecular complexity index is 203. The summed E-state index contributed by atoms with van der Waals surface area (Å²) >= 11 is 0. The van der Waals surface area contributed by atoms with Gasteiger partial charge in [0.15, 0.2) is 0 Å². The van der Waals surface area contributed by atoms with Crippen LogP contribution in [0.4, 0.5) is 0 Å². The van der Waals surface area contributed by atoms with Gasteiger partial charge in [0, 0.05) is 6.21 Å². The summed E-state index contributed by atoms with van der Waals surface area (Å²) in [6, 6.07) is 0. The van der Waals surface area contributed by atoms with Gasteiger partial charge in [0.25, 0.3) is 0 Å². The minimum Gasteiger partial charge on any atom is -0.411 e. The van der Waals surface area contributed by atoms with Crippen molar-refractivity contribution in [3.05, 3.63) is 11.6 Å². The summed E-state index contributed by atoms with van der Waals surface area (Å²) in [5.41, 5.74) is 0.616. The molecule has 82 valence electrons. The molecule has 0 radical (unpaired) electrons. The zero-order valence-corrected chi connectivity index (χ0v) is 9.32. The number of nitrogens with zero attached hydrogens (tertiary/aromatic N) is 1. The highest BCUT2D eigenvalue weighted by Gasteiger charge is 2.17. The summed E-state index contributed by atoms with van der Waals surface area (Å²) in [5, 5.41) is 21.0. The van der Waals surface area contributed by atoms with Crippen LogP contribution in [0.5, 0.6) is 0 Å². The molecule has 0 aromatic heterocycles. The summed E-state index contributed by atoms with van der Waals surface area (Å²) in [4.78, 5) is 0. The minimum absolute atomic E-state index is 0.609. The van der Waals surface area contributed by atoms with Crippen molar-refractivity contribution < 1.29 is 10.3 Å². The standard InChI is InChI=1S/C11H21NO2/c1-10(2)6-4-7-11(3,13)8-5-9-12-14/h6,9,13-14H,4-5,7-8H2,1-3H3. The van der Waals surface area contributed by atoms with E-state index in [-0.39, 0.29) is 0 Å². The Labute approximate surface area is 86.1 Å². The maximum atomic E-state index is 9.88. The van der Waals surface area contributed by atoms with Gasteiger partial charge in [0.2, 0.25) is 0 Å². The van der Waals surface area contributed by atoms with E-state index in [0.29, 0.717) is 12.8 Å². The molecule has 0 aliphatic carbocycles. The molecule has 0 aromatic rings. The Morgan fingerprint density at radius 3 is 2.36 bits per heavy atom. The summed E-state index contributed by atoms with van der Waals surface area (Å²) in [6.07, 6.45) is 6.42. The van der Waals surface area contributed by atoms with Crippen molar-refractivity contribution in [2.45, 2.75) is 52.1 Å². The number of oxime groups is 1. The van der Waals surface area contributed by atoms with Crippen LogP contribution >= 0.6 is 0 Å². The second-order valence-electron chi connectivity index (χ2n) is 4.15. The van der Waals surface area contributed by atoms with Gasteiger partial charge in [-0.1, -0.05) is 11.6 Å². The van der Waals surface area contributed by atoms with E-state index in [1.165, 1.54) is 11.8 Å². The van der Waals surface area contributed by atoms with Crippen LogP contribution in [0.3, 0.4) is 0 Å². The maximum Gasteiger partial charge on any atom is 0.0626 e. The Balaban J connectivity index is 3.77. The molecule has 0 spiro atoms. The zero-order chi connectivity index (χ0) is 11.0. The lowest BCUT2D eigenvalue weighted by atomic mass is 9.94. The zero-order valence-electron chi connectivity index (χ0n) is 9.32. The molecular weight excluding hydrogens is 178 g/mol. The molecule has 3 heteroatoms. The topological polar surface area (TPSA) is 52.8 Å². The monoisotopic (exact) mass is 199 g/mol. The van der Waals surface area contributed by atoms with Crippen molar-refractivity contribution in [1.82, 2.24) is 0 Å². The third-order valence-electron chi connectivity index (χ3n) is 2.13. The second-order valence-corrected chi connectivity index (χ2v) is 4.15. The first-order chi connectivity index (χ1) is 6.48. The van der Waals surface area contributed by atoms with Gasteiger partial charge >= 0.3 is 0 Å². The number of rotatable bonds is 6. The van der Waals surface area contributed by atoms with E-state index in [9.17, 15) is 5.11 Å². The molecular formula is C11H21NO2. The lowest BCUT2D eigenvalue weighted by molar-refractivity contribution is 0.0452. The van der Waals surface area contributed by atoms with Crippen molar-refractivity contribution in [3.8, 4) is 0 Å². The van der Waals surface area contributed by atoms with E-state index in [0.717, 1.165) is 12.8 Å². The first-order valence-electron chi connectivity index (χ1n) is 4.99. The molecule has 0 fully saturated rings. The van der Waals surface area contributed by atoms with Gasteiger partial charge in [-0.15, -0.1) is 5.16 Å². The predicted octanol–water partition coefficient (Wildman–Crippen LogP) is 2.72. The van der Waals surface area contributed by atoms with Crippen LogP contribution in [-0.4, -0.2) is 22.1 Å². The lowest BCUT2D eigenvalue weighted by Crippen LogP contribution is -2.23. The van der Waals surface area contributed by atoms with E-state index >= 15 is 0 Å². The van der Waals surface area contributed by atoms with Gasteiger partial charge in [-0.2, -0.15) is 0 Å². The fourth-order valence-corrected chi connectivity index (χ4v) is 1.23. The molecule has 14 heavy (non-hydrogen) atoms. The van der Waals surface area contributed by atoms with E-state index < -0.39 is 5.60 Å². The molecule has 0 saturated carbocycles. The smallest absolute Gasteiger partial charge is 0.0626 e. The number of hydrogen-bond donors (Lipinski definition) is 2. The molecule has 0 aliphatic heterocycles. The summed E-state index contributed by atoms with van der Waals surface area (Å²) in [5.74, 6) is 0. The van der Waals surface area contributed by atoms with Crippen molar-refractivity contribution in [2.75, 3.05) is 0 Å². The fourth-order valence-electron chi connectivity index (χ4n) is 1.23. The molecule has 0 rings (SSSR count). The van der Waals surface area contributed by atoms with Crippen LogP contribution in [-0.2, 0) is 0 Å². The van der Waals surface area contributed by atoms with E-state index in [1.807, 2.05) is 20.8 Å². The first-order valence-corrected chi connectivity index (χ1v) is 4.99. The molecule has 1 atom stereocenters. The minimum atomic E-state index is -0.660. The average molecular weight is 199 g/mol. The largest absolute Gasteiger partial charge is 0.411 e. The van der Waals surface area contributed by atoms with Crippen LogP contribution in [0, 0.1) is 0 Å². The normalized spacial score (nSPS) is 15.4. The van der Waals surface area contributed by atoms with Crippen molar-refractivity contribution in [2.24, 2.45) is 5.16 Å². The van der Waals surface area contributed by atoms with Gasteiger partial charge in [-0.25, -0.2) is 0 Å². The van der Waals surface area contributed by atoms with E-state index in [2.05, 4.69) is 11.2 Å². The molecule has 0 aromatic carbocycles. The lowest BCUT2D eigenvalue weighted by Gasteiger charge is -2.21. The Hall–Kier alpha value is -0.830. The molecule has 0 amide bonds. The predicted molar refractivity (Wildman–Crippen MR) is 58.8 cm³/mol. The van der Waals surface area contributed by atoms with Gasteiger partial charge in [0.1, 0.15) is 0 Å². The Kier molecular flexibility index (Phi) is 6.21. The molecule has 0 aliphatic rings. The molecule has 0 saturated heterocycles. The van der Waals surface area contributed by atoms with Crippen molar-refractivity contribution in [1.29, 1.82) is 0 Å². The third kappa shape index (κ3) is 7.80. The Morgan fingerprint density at radius 2 is 1.86 bits per heavy atom. The highest BCUT2D eigenvalue weighted by atomic mass is 16.4. The molecule has 0 heterocycles. The second kappa shape index (κ2) is 6.60. The Morgan fingerprint density at radius 1 is 1.29 bits per heavy atom. The number of aliphatic hydroxyl groups is 1. The van der Waals surface area contributed by atoms with Crippen LogP contribution in [0.25, 0.3) is 0 Å². The van der Waals surface area contributed by atoms with Gasteiger partial charge in [-0.05, 0) is 46.5 Å².